The lowest BCUT2D eigenvalue weighted by molar-refractivity contribution is 0.299. The number of hydrogen-bond acceptors (Lipinski definition) is 3. The molecule has 0 saturated carbocycles. The van der Waals surface area contributed by atoms with Crippen LogP contribution in [0.25, 0.3) is 0 Å². The van der Waals surface area contributed by atoms with Crippen LogP contribution in [0.2, 0.25) is 5.02 Å². The molecule has 100 valence electrons. The molecule has 0 aromatic heterocycles. The van der Waals surface area contributed by atoms with Gasteiger partial charge < -0.3 is 15.2 Å². The number of benzene rings is 2. The summed E-state index contributed by atoms with van der Waals surface area (Å²) < 4.78 is 24.1. The van der Waals surface area contributed by atoms with Gasteiger partial charge in [0.15, 0.2) is 0 Å². The van der Waals surface area contributed by atoms with Gasteiger partial charge in [0.2, 0.25) is 0 Å². The van der Waals surface area contributed by atoms with Crippen molar-refractivity contribution >= 4 is 17.3 Å². The van der Waals surface area contributed by atoms with E-state index in [0.717, 1.165) is 0 Å². The molecule has 5 heteroatoms. The number of anilines is 1. The Labute approximate surface area is 115 Å². The standard InChI is InChI=1S/C14H13ClFNO2/c1-18-14-5-4-11(7-13(14)17)19-8-9-2-3-10(15)6-12(9)16/h2-7H,8,17H2,1H3. The minimum atomic E-state index is -0.394. The maximum atomic E-state index is 13.5. The molecule has 0 bridgehead atoms. The summed E-state index contributed by atoms with van der Waals surface area (Å²) in [6.07, 6.45) is 0. The van der Waals surface area contributed by atoms with Gasteiger partial charge in [-0.25, -0.2) is 4.39 Å². The third-order valence-corrected chi connectivity index (χ3v) is 2.85. The molecule has 0 spiro atoms. The fraction of sp³-hybridized carbons (Fsp3) is 0.143. The third kappa shape index (κ3) is 3.29. The first-order chi connectivity index (χ1) is 9.10. The van der Waals surface area contributed by atoms with E-state index >= 15 is 0 Å². The van der Waals surface area contributed by atoms with Crippen LogP contribution in [-0.4, -0.2) is 7.11 Å². The summed E-state index contributed by atoms with van der Waals surface area (Å²) in [6.45, 7) is 0.106. The van der Waals surface area contributed by atoms with Crippen molar-refractivity contribution in [2.24, 2.45) is 0 Å². The normalized spacial score (nSPS) is 10.3. The SMILES string of the molecule is COc1ccc(OCc2ccc(Cl)cc2F)cc1N. The average Bonchev–Trinajstić information content (AvgIpc) is 2.38. The first-order valence-corrected chi connectivity index (χ1v) is 5.98. The van der Waals surface area contributed by atoms with E-state index in [1.54, 1.807) is 30.3 Å². The number of methoxy groups -OCH3 is 1. The molecule has 2 aromatic carbocycles. The van der Waals surface area contributed by atoms with Crippen molar-refractivity contribution in [1.82, 2.24) is 0 Å². The van der Waals surface area contributed by atoms with E-state index in [0.29, 0.717) is 27.8 Å². The molecule has 0 radical (unpaired) electrons. The van der Waals surface area contributed by atoms with Crippen LogP contribution in [0, 0.1) is 5.82 Å². The third-order valence-electron chi connectivity index (χ3n) is 2.61. The summed E-state index contributed by atoms with van der Waals surface area (Å²) in [7, 11) is 1.54. The zero-order valence-corrected chi connectivity index (χ0v) is 11.1. The number of hydrogen-bond donors (Lipinski definition) is 1. The maximum Gasteiger partial charge on any atom is 0.142 e. The summed E-state index contributed by atoms with van der Waals surface area (Å²) in [5.74, 6) is 0.728. The van der Waals surface area contributed by atoms with Gasteiger partial charge in [0.25, 0.3) is 0 Å². The molecular weight excluding hydrogens is 269 g/mol. The van der Waals surface area contributed by atoms with Gasteiger partial charge in [-0.05, 0) is 24.3 Å². The summed E-state index contributed by atoms with van der Waals surface area (Å²) in [6, 6.07) is 9.50. The largest absolute Gasteiger partial charge is 0.495 e. The molecule has 0 atom stereocenters. The van der Waals surface area contributed by atoms with Crippen LogP contribution in [0.5, 0.6) is 11.5 Å². The Hall–Kier alpha value is -1.94. The summed E-state index contributed by atoms with van der Waals surface area (Å²) in [4.78, 5) is 0. The Morgan fingerprint density at radius 3 is 2.63 bits per heavy atom. The zero-order valence-electron chi connectivity index (χ0n) is 10.3. The molecule has 0 aliphatic heterocycles. The van der Waals surface area contributed by atoms with Gasteiger partial charge in [0.1, 0.15) is 23.9 Å². The van der Waals surface area contributed by atoms with Gasteiger partial charge in [-0.3, -0.25) is 0 Å². The number of halogens is 2. The second-order valence-electron chi connectivity index (χ2n) is 3.93. The van der Waals surface area contributed by atoms with Gasteiger partial charge in [0.05, 0.1) is 12.8 Å². The first-order valence-electron chi connectivity index (χ1n) is 5.60. The maximum absolute atomic E-state index is 13.5. The second-order valence-corrected chi connectivity index (χ2v) is 4.36. The summed E-state index contributed by atoms with van der Waals surface area (Å²) >= 11 is 5.68. The van der Waals surface area contributed by atoms with Gasteiger partial charge in [-0.15, -0.1) is 0 Å². The van der Waals surface area contributed by atoms with E-state index in [1.807, 2.05) is 0 Å². The van der Waals surface area contributed by atoms with Crippen molar-refractivity contribution < 1.29 is 13.9 Å². The summed E-state index contributed by atoms with van der Waals surface area (Å²) in [5.41, 5.74) is 6.65. The molecule has 2 aromatic rings. The number of rotatable bonds is 4. The molecule has 0 fully saturated rings. The molecule has 0 heterocycles. The van der Waals surface area contributed by atoms with Gasteiger partial charge in [-0.2, -0.15) is 0 Å². The number of nitrogens with two attached hydrogens (primary N) is 1. The Kier molecular flexibility index (Phi) is 4.12. The molecule has 0 amide bonds. The van der Waals surface area contributed by atoms with Crippen molar-refractivity contribution in [1.29, 1.82) is 0 Å². The van der Waals surface area contributed by atoms with Gasteiger partial charge in [-0.1, -0.05) is 17.7 Å². The van der Waals surface area contributed by atoms with E-state index in [1.165, 1.54) is 13.2 Å². The van der Waals surface area contributed by atoms with Crippen LogP contribution in [0.3, 0.4) is 0 Å². The van der Waals surface area contributed by atoms with Crippen molar-refractivity contribution in [3.8, 4) is 11.5 Å². The Morgan fingerprint density at radius 2 is 2.00 bits per heavy atom. The molecule has 2 rings (SSSR count). The monoisotopic (exact) mass is 281 g/mol. The first kappa shape index (κ1) is 13.5. The molecule has 2 N–H and O–H groups in total. The highest BCUT2D eigenvalue weighted by Crippen LogP contribution is 2.26. The van der Waals surface area contributed by atoms with Crippen molar-refractivity contribution in [3.63, 3.8) is 0 Å². The molecule has 3 nitrogen and oxygen atoms in total. The quantitative estimate of drug-likeness (QED) is 0.870. The fourth-order valence-corrected chi connectivity index (χ4v) is 1.76. The molecular formula is C14H13ClFNO2. The van der Waals surface area contributed by atoms with Crippen LogP contribution < -0.4 is 15.2 Å². The van der Waals surface area contributed by atoms with Crippen molar-refractivity contribution in [2.45, 2.75) is 6.61 Å². The Balaban J connectivity index is 2.08. The summed E-state index contributed by atoms with van der Waals surface area (Å²) in [5, 5.41) is 0.356. The minimum Gasteiger partial charge on any atom is -0.495 e. The van der Waals surface area contributed by atoms with Crippen LogP contribution in [0.1, 0.15) is 5.56 Å². The molecule has 0 aliphatic rings. The highest BCUT2D eigenvalue weighted by molar-refractivity contribution is 6.30. The molecule has 0 unspecified atom stereocenters. The average molecular weight is 282 g/mol. The van der Waals surface area contributed by atoms with Crippen LogP contribution in [0.4, 0.5) is 10.1 Å². The lowest BCUT2D eigenvalue weighted by Gasteiger charge is -2.10. The number of nitrogen functional groups attached to an aromatic ring is 1. The van der Waals surface area contributed by atoms with Gasteiger partial charge >= 0.3 is 0 Å². The lowest BCUT2D eigenvalue weighted by atomic mass is 10.2. The van der Waals surface area contributed by atoms with E-state index in [9.17, 15) is 4.39 Å². The fourth-order valence-electron chi connectivity index (χ4n) is 1.60. The smallest absolute Gasteiger partial charge is 0.142 e. The Bertz CT molecular complexity index is 590. The predicted molar refractivity (Wildman–Crippen MR) is 73.1 cm³/mol. The van der Waals surface area contributed by atoms with E-state index in [4.69, 9.17) is 26.8 Å². The zero-order chi connectivity index (χ0) is 13.8. The van der Waals surface area contributed by atoms with E-state index in [-0.39, 0.29) is 6.61 Å². The van der Waals surface area contributed by atoms with Crippen LogP contribution in [0.15, 0.2) is 36.4 Å². The van der Waals surface area contributed by atoms with Crippen molar-refractivity contribution in [2.75, 3.05) is 12.8 Å². The lowest BCUT2D eigenvalue weighted by Crippen LogP contribution is -1.99. The highest BCUT2D eigenvalue weighted by Gasteiger charge is 2.05. The second kappa shape index (κ2) is 5.80. The van der Waals surface area contributed by atoms with E-state index < -0.39 is 5.82 Å². The van der Waals surface area contributed by atoms with E-state index in [2.05, 4.69) is 0 Å². The van der Waals surface area contributed by atoms with Crippen molar-refractivity contribution in [3.05, 3.63) is 52.8 Å². The predicted octanol–water partition coefficient (Wildman–Crippen LogP) is 3.65. The highest BCUT2D eigenvalue weighted by atomic mass is 35.5. The number of ether oxygens (including phenoxy) is 2. The molecule has 0 saturated heterocycles. The topological polar surface area (TPSA) is 44.5 Å². The van der Waals surface area contributed by atoms with Crippen LogP contribution in [-0.2, 0) is 6.61 Å². The van der Waals surface area contributed by atoms with Gasteiger partial charge in [0, 0.05) is 16.7 Å². The molecule has 19 heavy (non-hydrogen) atoms. The van der Waals surface area contributed by atoms with Crippen LogP contribution >= 0.6 is 11.6 Å². The minimum absolute atomic E-state index is 0.106. The molecule has 0 aliphatic carbocycles. The Morgan fingerprint density at radius 1 is 1.21 bits per heavy atom.